The van der Waals surface area contributed by atoms with Crippen LogP contribution in [0.25, 0.3) is 10.9 Å². The third kappa shape index (κ3) is 3.46. The summed E-state index contributed by atoms with van der Waals surface area (Å²) >= 11 is 0. The molecule has 0 spiro atoms. The van der Waals surface area contributed by atoms with Crippen molar-refractivity contribution in [2.24, 2.45) is 5.92 Å². The summed E-state index contributed by atoms with van der Waals surface area (Å²) < 4.78 is 5.24. The van der Waals surface area contributed by atoms with Crippen LogP contribution in [-0.4, -0.2) is 35.4 Å². The fourth-order valence-corrected chi connectivity index (χ4v) is 3.97. The molecule has 3 aromatic rings. The summed E-state index contributed by atoms with van der Waals surface area (Å²) in [5, 5.41) is 3.93. The molecule has 0 saturated heterocycles. The number of fused-ring (bicyclic) bond motifs is 2. The van der Waals surface area contributed by atoms with Gasteiger partial charge in [-0.25, -0.2) is 0 Å². The quantitative estimate of drug-likeness (QED) is 0.714. The van der Waals surface area contributed by atoms with E-state index in [0.29, 0.717) is 12.2 Å². The SMILES string of the molecule is COc1ccc2cc(C(=O)Nc3ccc4c(c3)CN(C(=O)C3CC3)CC4)[nH]c2c1. The highest BCUT2D eigenvalue weighted by Gasteiger charge is 2.34. The van der Waals surface area contributed by atoms with Gasteiger partial charge in [0, 0.05) is 41.7 Å². The number of nitrogens with zero attached hydrogens (tertiary/aromatic N) is 1. The molecule has 1 aromatic heterocycles. The molecule has 0 bridgehead atoms. The number of carbonyl (C=O) groups excluding carboxylic acids is 2. The van der Waals surface area contributed by atoms with Crippen LogP contribution in [-0.2, 0) is 17.8 Å². The highest BCUT2D eigenvalue weighted by molar-refractivity contribution is 6.06. The molecule has 2 amide bonds. The number of amides is 2. The topological polar surface area (TPSA) is 74.4 Å². The number of H-pyrrole nitrogens is 1. The number of aromatic amines is 1. The van der Waals surface area contributed by atoms with Crippen molar-refractivity contribution in [3.8, 4) is 5.75 Å². The lowest BCUT2D eigenvalue weighted by Gasteiger charge is -2.29. The van der Waals surface area contributed by atoms with E-state index in [0.717, 1.165) is 53.7 Å². The first-order chi connectivity index (χ1) is 14.1. The van der Waals surface area contributed by atoms with E-state index in [1.54, 1.807) is 7.11 Å². The molecular weight excluding hydrogens is 366 g/mol. The summed E-state index contributed by atoms with van der Waals surface area (Å²) in [6.07, 6.45) is 2.91. The number of nitrogens with one attached hydrogen (secondary N) is 2. The third-order valence-electron chi connectivity index (χ3n) is 5.79. The average Bonchev–Trinajstić information content (AvgIpc) is 3.50. The van der Waals surface area contributed by atoms with Crippen LogP contribution in [0.4, 0.5) is 5.69 Å². The molecule has 1 saturated carbocycles. The lowest BCUT2D eigenvalue weighted by molar-refractivity contribution is -0.133. The average molecular weight is 389 g/mol. The maximum atomic E-state index is 12.7. The maximum absolute atomic E-state index is 12.7. The van der Waals surface area contributed by atoms with Gasteiger partial charge in [0.25, 0.3) is 5.91 Å². The molecule has 1 fully saturated rings. The lowest BCUT2D eigenvalue weighted by atomic mass is 9.98. The van der Waals surface area contributed by atoms with Crippen LogP contribution in [0.15, 0.2) is 42.5 Å². The van der Waals surface area contributed by atoms with Gasteiger partial charge in [0.15, 0.2) is 0 Å². The molecule has 29 heavy (non-hydrogen) atoms. The summed E-state index contributed by atoms with van der Waals surface area (Å²) in [6.45, 7) is 1.41. The second kappa shape index (κ2) is 6.95. The highest BCUT2D eigenvalue weighted by atomic mass is 16.5. The Bertz CT molecular complexity index is 1110. The number of ether oxygens (including phenoxy) is 1. The van der Waals surface area contributed by atoms with Gasteiger partial charge in [-0.2, -0.15) is 0 Å². The number of benzene rings is 2. The number of methoxy groups -OCH3 is 1. The van der Waals surface area contributed by atoms with Crippen LogP contribution in [0.1, 0.15) is 34.5 Å². The molecule has 6 heteroatoms. The fraction of sp³-hybridized carbons (Fsp3) is 0.304. The van der Waals surface area contributed by atoms with Crippen molar-refractivity contribution < 1.29 is 14.3 Å². The van der Waals surface area contributed by atoms with E-state index in [1.165, 1.54) is 5.56 Å². The molecular formula is C23H23N3O3. The Morgan fingerprint density at radius 2 is 1.97 bits per heavy atom. The first-order valence-corrected chi connectivity index (χ1v) is 9.99. The van der Waals surface area contributed by atoms with E-state index >= 15 is 0 Å². The van der Waals surface area contributed by atoms with Crippen LogP contribution in [0.3, 0.4) is 0 Å². The summed E-state index contributed by atoms with van der Waals surface area (Å²) in [7, 11) is 1.62. The van der Waals surface area contributed by atoms with E-state index in [9.17, 15) is 9.59 Å². The van der Waals surface area contributed by atoms with Crippen LogP contribution >= 0.6 is 0 Å². The van der Waals surface area contributed by atoms with E-state index in [4.69, 9.17) is 4.74 Å². The summed E-state index contributed by atoms with van der Waals surface area (Å²) in [5.74, 6) is 1.06. The van der Waals surface area contributed by atoms with E-state index in [2.05, 4.69) is 16.4 Å². The monoisotopic (exact) mass is 389 g/mol. The van der Waals surface area contributed by atoms with Crippen molar-refractivity contribution in [3.63, 3.8) is 0 Å². The van der Waals surface area contributed by atoms with Crippen LogP contribution in [0, 0.1) is 5.92 Å². The fourth-order valence-electron chi connectivity index (χ4n) is 3.97. The predicted molar refractivity (Wildman–Crippen MR) is 111 cm³/mol. The number of anilines is 1. The molecule has 2 N–H and O–H groups in total. The Balaban J connectivity index is 1.33. The molecule has 5 rings (SSSR count). The Kier molecular flexibility index (Phi) is 4.27. The molecule has 1 aliphatic carbocycles. The van der Waals surface area contributed by atoms with E-state index in [-0.39, 0.29) is 17.7 Å². The second-order valence-electron chi connectivity index (χ2n) is 7.86. The van der Waals surface area contributed by atoms with Gasteiger partial charge >= 0.3 is 0 Å². The zero-order valence-corrected chi connectivity index (χ0v) is 16.3. The molecule has 2 heterocycles. The normalized spacial score (nSPS) is 15.8. The smallest absolute Gasteiger partial charge is 0.272 e. The molecule has 0 radical (unpaired) electrons. The summed E-state index contributed by atoms with van der Waals surface area (Å²) in [4.78, 5) is 30.2. The van der Waals surface area contributed by atoms with Gasteiger partial charge in [0.1, 0.15) is 11.4 Å². The Hall–Kier alpha value is -3.28. The van der Waals surface area contributed by atoms with Crippen molar-refractivity contribution in [2.75, 3.05) is 19.0 Å². The zero-order chi connectivity index (χ0) is 20.0. The number of hydrogen-bond acceptors (Lipinski definition) is 3. The van der Waals surface area contributed by atoms with E-state index in [1.807, 2.05) is 41.3 Å². The minimum atomic E-state index is -0.193. The largest absolute Gasteiger partial charge is 0.497 e. The standard InChI is InChI=1S/C23H23N3O3/c1-29-19-7-5-16-11-21(25-20(16)12-19)22(27)24-18-6-4-14-8-9-26(13-17(14)10-18)23(28)15-2-3-15/h4-7,10-12,15,25H,2-3,8-9,13H2,1H3,(H,24,27). The van der Waals surface area contributed by atoms with Crippen LogP contribution in [0.5, 0.6) is 5.75 Å². The first-order valence-electron chi connectivity index (χ1n) is 9.99. The first kappa shape index (κ1) is 17.8. The lowest BCUT2D eigenvalue weighted by Crippen LogP contribution is -2.36. The van der Waals surface area contributed by atoms with Crippen molar-refractivity contribution in [1.82, 2.24) is 9.88 Å². The van der Waals surface area contributed by atoms with E-state index < -0.39 is 0 Å². The molecule has 0 atom stereocenters. The third-order valence-corrected chi connectivity index (χ3v) is 5.79. The number of aromatic nitrogens is 1. The van der Waals surface area contributed by atoms with Gasteiger partial charge in [0.05, 0.1) is 7.11 Å². The van der Waals surface area contributed by atoms with Gasteiger partial charge in [-0.1, -0.05) is 6.07 Å². The minimum Gasteiger partial charge on any atom is -0.497 e. The highest BCUT2D eigenvalue weighted by Crippen LogP contribution is 2.33. The molecule has 0 unspecified atom stereocenters. The van der Waals surface area contributed by atoms with Gasteiger partial charge < -0.3 is 19.9 Å². The van der Waals surface area contributed by atoms with Crippen molar-refractivity contribution in [1.29, 1.82) is 0 Å². The number of carbonyl (C=O) groups is 2. The van der Waals surface area contributed by atoms with Crippen LogP contribution in [0.2, 0.25) is 0 Å². The summed E-state index contributed by atoms with van der Waals surface area (Å²) in [6, 6.07) is 13.5. The maximum Gasteiger partial charge on any atom is 0.272 e. The Morgan fingerprint density at radius 3 is 2.76 bits per heavy atom. The van der Waals surface area contributed by atoms with Gasteiger partial charge in [-0.15, -0.1) is 0 Å². The molecule has 6 nitrogen and oxygen atoms in total. The van der Waals surface area contributed by atoms with Gasteiger partial charge in [0.2, 0.25) is 5.91 Å². The number of hydrogen-bond donors (Lipinski definition) is 2. The van der Waals surface area contributed by atoms with Crippen molar-refractivity contribution >= 4 is 28.4 Å². The molecule has 1 aliphatic heterocycles. The van der Waals surface area contributed by atoms with Crippen LogP contribution < -0.4 is 10.1 Å². The second-order valence-corrected chi connectivity index (χ2v) is 7.86. The Morgan fingerprint density at radius 1 is 1.10 bits per heavy atom. The number of rotatable bonds is 4. The molecule has 2 aliphatic rings. The Labute approximate surface area is 168 Å². The molecule has 148 valence electrons. The molecule has 2 aromatic carbocycles. The minimum absolute atomic E-state index is 0.193. The van der Waals surface area contributed by atoms with Crippen molar-refractivity contribution in [3.05, 3.63) is 59.3 Å². The van der Waals surface area contributed by atoms with Crippen molar-refractivity contribution in [2.45, 2.75) is 25.8 Å². The van der Waals surface area contributed by atoms with Gasteiger partial charge in [-0.05, 0) is 60.7 Å². The van der Waals surface area contributed by atoms with Gasteiger partial charge in [-0.3, -0.25) is 9.59 Å². The zero-order valence-electron chi connectivity index (χ0n) is 16.3. The summed E-state index contributed by atoms with van der Waals surface area (Å²) in [5.41, 5.74) is 4.46. The predicted octanol–water partition coefficient (Wildman–Crippen LogP) is 3.72.